The summed E-state index contributed by atoms with van der Waals surface area (Å²) in [6.07, 6.45) is 2.20. The number of aromatic nitrogens is 1. The molecule has 0 fully saturated rings. The molecule has 1 N–H and O–H groups in total. The van der Waals surface area contributed by atoms with Crippen LogP contribution in [0, 0.1) is 22.9 Å². The van der Waals surface area contributed by atoms with Crippen molar-refractivity contribution < 1.29 is 9.31 Å². The van der Waals surface area contributed by atoms with Crippen LogP contribution in [-0.4, -0.2) is 15.9 Å². The SMILES string of the molecule is Cc1cnc(NC(C)Cc2ccc(F)cc2)c([N+](=O)[O-])c1. The zero-order chi connectivity index (χ0) is 15.4. The van der Waals surface area contributed by atoms with Crippen molar-refractivity contribution in [2.24, 2.45) is 0 Å². The Bertz CT molecular complexity index is 644. The predicted molar refractivity (Wildman–Crippen MR) is 78.8 cm³/mol. The molecule has 0 amide bonds. The number of halogens is 1. The molecule has 0 saturated carbocycles. The van der Waals surface area contributed by atoms with Crippen LogP contribution in [0.2, 0.25) is 0 Å². The number of nitro groups is 1. The molecule has 0 aliphatic heterocycles. The lowest BCUT2D eigenvalue weighted by atomic mass is 10.1. The Morgan fingerprint density at radius 3 is 2.67 bits per heavy atom. The second-order valence-corrected chi connectivity index (χ2v) is 5.01. The fourth-order valence-corrected chi connectivity index (χ4v) is 2.06. The normalized spacial score (nSPS) is 12.0. The van der Waals surface area contributed by atoms with Gasteiger partial charge in [0.25, 0.3) is 0 Å². The molecule has 1 aromatic carbocycles. The average molecular weight is 289 g/mol. The van der Waals surface area contributed by atoms with E-state index in [4.69, 9.17) is 0 Å². The molecule has 0 spiro atoms. The molecule has 2 aromatic rings. The Kier molecular flexibility index (Phi) is 4.47. The minimum Gasteiger partial charge on any atom is -0.362 e. The standard InChI is InChI=1S/C15H16FN3O2/c1-10-7-14(19(20)21)15(17-9-10)18-11(2)8-12-3-5-13(16)6-4-12/h3-7,9,11H,8H2,1-2H3,(H,17,18). The molecule has 1 aromatic heterocycles. The molecule has 1 heterocycles. The molecule has 1 atom stereocenters. The minimum absolute atomic E-state index is 0.0408. The number of pyridine rings is 1. The topological polar surface area (TPSA) is 68.1 Å². The smallest absolute Gasteiger partial charge is 0.311 e. The molecule has 0 bridgehead atoms. The van der Waals surface area contributed by atoms with Crippen LogP contribution in [0.1, 0.15) is 18.1 Å². The van der Waals surface area contributed by atoms with E-state index in [-0.39, 0.29) is 23.4 Å². The van der Waals surface area contributed by atoms with E-state index in [1.165, 1.54) is 18.2 Å². The Hall–Kier alpha value is -2.50. The van der Waals surface area contributed by atoms with E-state index >= 15 is 0 Å². The summed E-state index contributed by atoms with van der Waals surface area (Å²) in [5, 5.41) is 14.1. The molecule has 1 unspecified atom stereocenters. The highest BCUT2D eigenvalue weighted by atomic mass is 19.1. The Labute approximate surface area is 122 Å². The molecule has 0 aliphatic carbocycles. The first-order chi connectivity index (χ1) is 9.95. The largest absolute Gasteiger partial charge is 0.362 e. The van der Waals surface area contributed by atoms with Crippen LogP contribution in [0.4, 0.5) is 15.9 Å². The van der Waals surface area contributed by atoms with Crippen LogP contribution >= 0.6 is 0 Å². The third-order valence-corrected chi connectivity index (χ3v) is 3.04. The van der Waals surface area contributed by atoms with Crippen molar-refractivity contribution in [1.82, 2.24) is 4.98 Å². The second-order valence-electron chi connectivity index (χ2n) is 5.01. The van der Waals surface area contributed by atoms with Gasteiger partial charge in [-0.05, 0) is 43.5 Å². The molecule has 0 radical (unpaired) electrons. The lowest BCUT2D eigenvalue weighted by molar-refractivity contribution is -0.384. The van der Waals surface area contributed by atoms with Gasteiger partial charge in [0.15, 0.2) is 0 Å². The molecule has 2 rings (SSSR count). The monoisotopic (exact) mass is 289 g/mol. The summed E-state index contributed by atoms with van der Waals surface area (Å²) in [5.41, 5.74) is 1.64. The van der Waals surface area contributed by atoms with Gasteiger partial charge in [-0.15, -0.1) is 0 Å². The Morgan fingerprint density at radius 2 is 2.05 bits per heavy atom. The van der Waals surface area contributed by atoms with Crippen molar-refractivity contribution in [3.63, 3.8) is 0 Å². The van der Waals surface area contributed by atoms with Crippen LogP contribution in [0.5, 0.6) is 0 Å². The number of benzene rings is 1. The van der Waals surface area contributed by atoms with Crippen LogP contribution in [0.3, 0.4) is 0 Å². The third-order valence-electron chi connectivity index (χ3n) is 3.04. The summed E-state index contributed by atoms with van der Waals surface area (Å²) in [6, 6.07) is 7.61. The van der Waals surface area contributed by atoms with Gasteiger partial charge >= 0.3 is 5.69 Å². The van der Waals surface area contributed by atoms with Crippen LogP contribution in [-0.2, 0) is 6.42 Å². The lowest BCUT2D eigenvalue weighted by Gasteiger charge is -2.14. The maximum atomic E-state index is 12.8. The van der Waals surface area contributed by atoms with Gasteiger partial charge in [-0.2, -0.15) is 0 Å². The van der Waals surface area contributed by atoms with Gasteiger partial charge in [0, 0.05) is 18.3 Å². The third kappa shape index (κ3) is 3.98. The van der Waals surface area contributed by atoms with E-state index in [0.29, 0.717) is 6.42 Å². The van der Waals surface area contributed by atoms with Gasteiger partial charge < -0.3 is 5.32 Å². The number of nitrogens with zero attached hydrogens (tertiary/aromatic N) is 2. The maximum absolute atomic E-state index is 12.8. The van der Waals surface area contributed by atoms with Crippen LogP contribution in [0.15, 0.2) is 36.5 Å². The first-order valence-electron chi connectivity index (χ1n) is 6.57. The minimum atomic E-state index is -0.451. The number of hydrogen-bond acceptors (Lipinski definition) is 4. The molecule has 0 aliphatic rings. The Balaban J connectivity index is 2.10. The summed E-state index contributed by atoms with van der Waals surface area (Å²) in [5.74, 6) is -0.0320. The molecular weight excluding hydrogens is 273 g/mol. The van der Waals surface area contributed by atoms with Crippen LogP contribution in [0.25, 0.3) is 0 Å². The number of hydrogen-bond donors (Lipinski definition) is 1. The molecular formula is C15H16FN3O2. The molecule has 110 valence electrons. The average Bonchev–Trinajstić information content (AvgIpc) is 2.43. The van der Waals surface area contributed by atoms with Crippen molar-refractivity contribution in [3.8, 4) is 0 Å². The number of nitrogens with one attached hydrogen (secondary N) is 1. The van der Waals surface area contributed by atoms with E-state index in [0.717, 1.165) is 11.1 Å². The molecule has 21 heavy (non-hydrogen) atoms. The van der Waals surface area contributed by atoms with Gasteiger partial charge in [-0.25, -0.2) is 9.37 Å². The van der Waals surface area contributed by atoms with Crippen molar-refractivity contribution in [1.29, 1.82) is 0 Å². The summed E-state index contributed by atoms with van der Waals surface area (Å²) in [6.45, 7) is 3.65. The van der Waals surface area contributed by atoms with Gasteiger partial charge in [-0.1, -0.05) is 12.1 Å². The summed E-state index contributed by atoms with van der Waals surface area (Å²) >= 11 is 0. The van der Waals surface area contributed by atoms with Crippen molar-refractivity contribution in [3.05, 3.63) is 63.6 Å². The van der Waals surface area contributed by atoms with Gasteiger partial charge in [0.1, 0.15) is 5.82 Å². The Morgan fingerprint density at radius 1 is 1.38 bits per heavy atom. The summed E-state index contributed by atoms with van der Waals surface area (Å²) in [7, 11) is 0. The predicted octanol–water partition coefficient (Wildman–Crippen LogP) is 3.48. The van der Waals surface area contributed by atoms with E-state index in [2.05, 4.69) is 10.3 Å². The van der Waals surface area contributed by atoms with Crippen molar-refractivity contribution >= 4 is 11.5 Å². The number of rotatable bonds is 5. The van der Waals surface area contributed by atoms with Gasteiger partial charge in [0.05, 0.1) is 4.92 Å². The quantitative estimate of drug-likeness (QED) is 0.676. The van der Waals surface area contributed by atoms with Crippen molar-refractivity contribution in [2.75, 3.05) is 5.32 Å². The molecule has 6 heteroatoms. The fraction of sp³-hybridized carbons (Fsp3) is 0.267. The van der Waals surface area contributed by atoms with Crippen molar-refractivity contribution in [2.45, 2.75) is 26.3 Å². The first kappa shape index (κ1) is 14.9. The van der Waals surface area contributed by atoms with E-state index < -0.39 is 4.92 Å². The summed E-state index contributed by atoms with van der Waals surface area (Å²) < 4.78 is 12.8. The molecule has 5 nitrogen and oxygen atoms in total. The van der Waals surface area contributed by atoms with Gasteiger partial charge in [-0.3, -0.25) is 10.1 Å². The number of aryl methyl sites for hydroxylation is 1. The zero-order valence-corrected chi connectivity index (χ0v) is 11.8. The molecule has 0 saturated heterocycles. The maximum Gasteiger partial charge on any atom is 0.311 e. The van der Waals surface area contributed by atoms with Crippen LogP contribution < -0.4 is 5.32 Å². The lowest BCUT2D eigenvalue weighted by Crippen LogP contribution is -2.19. The van der Waals surface area contributed by atoms with E-state index in [1.54, 1.807) is 25.3 Å². The zero-order valence-electron chi connectivity index (χ0n) is 11.8. The highest BCUT2D eigenvalue weighted by molar-refractivity contribution is 5.57. The van der Waals surface area contributed by atoms with E-state index in [1.807, 2.05) is 6.92 Å². The number of anilines is 1. The van der Waals surface area contributed by atoms with Gasteiger partial charge in [0.2, 0.25) is 5.82 Å². The highest BCUT2D eigenvalue weighted by Crippen LogP contribution is 2.23. The second kappa shape index (κ2) is 6.30. The summed E-state index contributed by atoms with van der Waals surface area (Å²) in [4.78, 5) is 14.7. The first-order valence-corrected chi connectivity index (χ1v) is 6.57. The van der Waals surface area contributed by atoms with E-state index in [9.17, 15) is 14.5 Å². The highest BCUT2D eigenvalue weighted by Gasteiger charge is 2.17. The fourth-order valence-electron chi connectivity index (χ4n) is 2.06.